The van der Waals surface area contributed by atoms with Gasteiger partial charge in [0, 0.05) is 18.1 Å². The fourth-order valence-corrected chi connectivity index (χ4v) is 1.22. The van der Waals surface area contributed by atoms with Crippen LogP contribution >= 0.6 is 0 Å². The number of nitrogens with zero attached hydrogens (tertiary/aromatic N) is 2. The molecule has 4 heteroatoms. The second-order valence-corrected chi connectivity index (χ2v) is 3.07. The lowest BCUT2D eigenvalue weighted by Gasteiger charge is -2.04. The lowest BCUT2D eigenvalue weighted by Crippen LogP contribution is -2.17. The first-order valence-corrected chi connectivity index (χ1v) is 4.56. The molecule has 1 aromatic heterocycles. The van der Waals surface area contributed by atoms with Gasteiger partial charge in [-0.15, -0.1) is 0 Å². The maximum absolute atomic E-state index is 11.5. The number of nitrogens with one attached hydrogen (secondary N) is 1. The Morgan fingerprint density at radius 3 is 2.93 bits per heavy atom. The Balaban J connectivity index is 1.94. The minimum absolute atomic E-state index is 0.0702. The summed E-state index contributed by atoms with van der Waals surface area (Å²) in [6.07, 6.45) is 5.00. The van der Waals surface area contributed by atoms with Gasteiger partial charge in [-0.25, -0.2) is 4.98 Å². The average Bonchev–Trinajstić information content (AvgIpc) is 2.71. The number of carbonyl (C=O) groups excluding carboxylic acids is 1. The van der Waals surface area contributed by atoms with E-state index in [2.05, 4.69) is 16.4 Å². The molecule has 0 unspecified atom stereocenters. The topological polar surface area (TPSA) is 46.9 Å². The van der Waals surface area contributed by atoms with E-state index >= 15 is 0 Å². The van der Waals surface area contributed by atoms with E-state index in [-0.39, 0.29) is 12.5 Å². The van der Waals surface area contributed by atoms with Crippen LogP contribution in [0.4, 0.5) is 5.69 Å². The van der Waals surface area contributed by atoms with Gasteiger partial charge in [0.25, 0.3) is 0 Å². The zero-order chi connectivity index (χ0) is 10.5. The number of benzene rings is 1. The van der Waals surface area contributed by atoms with E-state index in [9.17, 15) is 4.79 Å². The SMILES string of the molecule is O=C(Cn1ccnc1)Nc1cc[c]cc1. The summed E-state index contributed by atoms with van der Waals surface area (Å²) in [6, 6.07) is 9.99. The summed E-state index contributed by atoms with van der Waals surface area (Å²) in [7, 11) is 0. The Labute approximate surface area is 87.6 Å². The maximum atomic E-state index is 11.5. The molecular weight excluding hydrogens is 190 g/mol. The normalized spacial score (nSPS) is 9.87. The molecule has 4 nitrogen and oxygen atoms in total. The van der Waals surface area contributed by atoms with Crippen molar-refractivity contribution in [3.05, 3.63) is 49.1 Å². The van der Waals surface area contributed by atoms with E-state index in [1.807, 2.05) is 0 Å². The quantitative estimate of drug-likeness (QED) is 0.812. The molecule has 0 aliphatic carbocycles. The molecule has 1 amide bonds. The summed E-state index contributed by atoms with van der Waals surface area (Å²) in [5.41, 5.74) is 0.777. The standard InChI is InChI=1S/C11H10N3O/c15-11(8-14-7-6-12-9-14)13-10-4-2-1-3-5-10/h2-7,9H,8H2,(H,13,15). The Morgan fingerprint density at radius 1 is 1.47 bits per heavy atom. The second-order valence-electron chi connectivity index (χ2n) is 3.07. The molecule has 1 heterocycles. The smallest absolute Gasteiger partial charge is 0.244 e. The van der Waals surface area contributed by atoms with Gasteiger partial charge in [0.1, 0.15) is 6.54 Å². The van der Waals surface area contributed by atoms with Crippen molar-refractivity contribution >= 4 is 11.6 Å². The predicted molar refractivity (Wildman–Crippen MR) is 56.1 cm³/mol. The number of aromatic nitrogens is 2. The van der Waals surface area contributed by atoms with E-state index in [0.29, 0.717) is 0 Å². The predicted octanol–water partition coefficient (Wildman–Crippen LogP) is 1.32. The summed E-state index contributed by atoms with van der Waals surface area (Å²) in [5.74, 6) is -0.0702. The van der Waals surface area contributed by atoms with Gasteiger partial charge in [0.15, 0.2) is 0 Å². The molecule has 0 spiro atoms. The molecule has 0 aliphatic rings. The highest BCUT2D eigenvalue weighted by atomic mass is 16.1. The zero-order valence-corrected chi connectivity index (χ0v) is 8.05. The molecule has 2 aromatic rings. The first kappa shape index (κ1) is 9.45. The largest absolute Gasteiger partial charge is 0.328 e. The van der Waals surface area contributed by atoms with Crippen LogP contribution in [0.15, 0.2) is 43.0 Å². The van der Waals surface area contributed by atoms with E-state index < -0.39 is 0 Å². The highest BCUT2D eigenvalue weighted by molar-refractivity contribution is 5.90. The van der Waals surface area contributed by atoms with Crippen LogP contribution in [-0.2, 0) is 11.3 Å². The van der Waals surface area contributed by atoms with Gasteiger partial charge in [0.05, 0.1) is 6.33 Å². The van der Waals surface area contributed by atoms with Crippen molar-refractivity contribution in [1.29, 1.82) is 0 Å². The number of hydrogen-bond donors (Lipinski definition) is 1. The molecule has 0 bridgehead atoms. The van der Waals surface area contributed by atoms with Gasteiger partial charge < -0.3 is 9.88 Å². The summed E-state index contributed by atoms with van der Waals surface area (Å²) < 4.78 is 1.71. The van der Waals surface area contributed by atoms with Crippen molar-refractivity contribution in [3.8, 4) is 0 Å². The molecule has 15 heavy (non-hydrogen) atoms. The third-order valence-electron chi connectivity index (χ3n) is 1.89. The Morgan fingerprint density at radius 2 is 2.27 bits per heavy atom. The van der Waals surface area contributed by atoms with Crippen LogP contribution in [0.5, 0.6) is 0 Å². The first-order valence-electron chi connectivity index (χ1n) is 4.56. The fraction of sp³-hybridized carbons (Fsp3) is 0.0909. The van der Waals surface area contributed by atoms with Crippen LogP contribution < -0.4 is 5.32 Å². The maximum Gasteiger partial charge on any atom is 0.244 e. The summed E-state index contributed by atoms with van der Waals surface area (Å²) in [6.45, 7) is 0.276. The number of anilines is 1. The Hall–Kier alpha value is -2.10. The van der Waals surface area contributed by atoms with Crippen LogP contribution in [-0.4, -0.2) is 15.5 Å². The van der Waals surface area contributed by atoms with Gasteiger partial charge >= 0.3 is 0 Å². The van der Waals surface area contributed by atoms with E-state index in [4.69, 9.17) is 0 Å². The lowest BCUT2D eigenvalue weighted by atomic mass is 10.3. The molecule has 75 valence electrons. The molecule has 0 saturated heterocycles. The summed E-state index contributed by atoms with van der Waals surface area (Å²) in [4.78, 5) is 15.4. The van der Waals surface area contributed by atoms with Crippen molar-refractivity contribution in [1.82, 2.24) is 9.55 Å². The highest BCUT2D eigenvalue weighted by Crippen LogP contribution is 2.04. The van der Waals surface area contributed by atoms with Gasteiger partial charge in [0.2, 0.25) is 5.91 Å². The monoisotopic (exact) mass is 200 g/mol. The van der Waals surface area contributed by atoms with Crippen molar-refractivity contribution in [3.63, 3.8) is 0 Å². The van der Waals surface area contributed by atoms with Crippen molar-refractivity contribution in [2.75, 3.05) is 5.32 Å². The molecule has 1 N–H and O–H groups in total. The third-order valence-corrected chi connectivity index (χ3v) is 1.89. The molecule has 0 saturated carbocycles. The zero-order valence-electron chi connectivity index (χ0n) is 8.05. The number of carbonyl (C=O) groups is 1. The van der Waals surface area contributed by atoms with Crippen LogP contribution in [0.25, 0.3) is 0 Å². The molecule has 0 atom stereocenters. The molecule has 1 aromatic carbocycles. The highest BCUT2D eigenvalue weighted by Gasteiger charge is 2.01. The summed E-state index contributed by atoms with van der Waals surface area (Å²) in [5, 5.41) is 2.77. The molecule has 0 aliphatic heterocycles. The van der Waals surface area contributed by atoms with Crippen LogP contribution in [0, 0.1) is 6.07 Å². The minimum atomic E-state index is -0.0702. The number of imidazole rings is 1. The third kappa shape index (κ3) is 2.67. The number of hydrogen-bond acceptors (Lipinski definition) is 2. The van der Waals surface area contributed by atoms with Gasteiger partial charge in [-0.3, -0.25) is 4.79 Å². The molecule has 2 rings (SSSR count). The number of amides is 1. The minimum Gasteiger partial charge on any atom is -0.328 e. The second kappa shape index (κ2) is 4.41. The van der Waals surface area contributed by atoms with Gasteiger partial charge in [-0.05, 0) is 18.2 Å². The van der Waals surface area contributed by atoms with Gasteiger partial charge in [-0.1, -0.05) is 12.1 Å². The van der Waals surface area contributed by atoms with Crippen LogP contribution in [0.1, 0.15) is 0 Å². The average molecular weight is 200 g/mol. The molecule has 0 fully saturated rings. The lowest BCUT2D eigenvalue weighted by molar-refractivity contribution is -0.116. The van der Waals surface area contributed by atoms with Crippen LogP contribution in [0.3, 0.4) is 0 Å². The van der Waals surface area contributed by atoms with Crippen molar-refractivity contribution in [2.45, 2.75) is 6.54 Å². The van der Waals surface area contributed by atoms with E-state index in [0.717, 1.165) is 5.69 Å². The van der Waals surface area contributed by atoms with E-state index in [1.165, 1.54) is 0 Å². The number of rotatable bonds is 3. The van der Waals surface area contributed by atoms with Crippen molar-refractivity contribution < 1.29 is 4.79 Å². The first-order chi connectivity index (χ1) is 7.34. The molecule has 1 radical (unpaired) electrons. The van der Waals surface area contributed by atoms with E-state index in [1.54, 1.807) is 47.6 Å². The van der Waals surface area contributed by atoms with Crippen molar-refractivity contribution in [2.24, 2.45) is 0 Å². The Bertz CT molecular complexity index is 422. The van der Waals surface area contributed by atoms with Crippen LogP contribution in [0.2, 0.25) is 0 Å². The fourth-order valence-electron chi connectivity index (χ4n) is 1.22. The van der Waals surface area contributed by atoms with Gasteiger partial charge in [-0.2, -0.15) is 0 Å². The summed E-state index contributed by atoms with van der Waals surface area (Å²) >= 11 is 0. The molecular formula is C11H10N3O. The Kier molecular flexibility index (Phi) is 2.78.